The summed E-state index contributed by atoms with van der Waals surface area (Å²) in [5.41, 5.74) is 0.570. The highest BCUT2D eigenvalue weighted by Gasteiger charge is 2.38. The van der Waals surface area contributed by atoms with Gasteiger partial charge in [0.15, 0.2) is 0 Å². The fourth-order valence-electron chi connectivity index (χ4n) is 2.06. The fourth-order valence-corrected chi connectivity index (χ4v) is 2.06. The maximum Gasteiger partial charge on any atom is 0.143 e. The minimum atomic E-state index is -0.710. The molecule has 2 atom stereocenters. The van der Waals surface area contributed by atoms with Gasteiger partial charge >= 0.3 is 0 Å². The van der Waals surface area contributed by atoms with Crippen molar-refractivity contribution >= 4 is 0 Å². The van der Waals surface area contributed by atoms with Crippen molar-refractivity contribution in [2.24, 2.45) is 5.92 Å². The number of aromatic nitrogens is 1. The SMILES string of the molecule is CCOC(C1CC1)C(O)c1ncccc1OC. The van der Waals surface area contributed by atoms with Gasteiger partial charge in [-0.05, 0) is 37.8 Å². The Morgan fingerprint density at radius 1 is 1.53 bits per heavy atom. The number of methoxy groups -OCH3 is 1. The van der Waals surface area contributed by atoms with Gasteiger partial charge in [-0.2, -0.15) is 0 Å². The van der Waals surface area contributed by atoms with Crippen molar-refractivity contribution in [2.75, 3.05) is 13.7 Å². The average molecular weight is 237 g/mol. The molecular formula is C13H19NO3. The molecule has 4 heteroatoms. The Hall–Kier alpha value is -1.13. The van der Waals surface area contributed by atoms with Crippen LogP contribution in [0.25, 0.3) is 0 Å². The van der Waals surface area contributed by atoms with Crippen LogP contribution in [0.5, 0.6) is 5.75 Å². The molecule has 1 saturated carbocycles. The topological polar surface area (TPSA) is 51.6 Å². The second-order valence-electron chi connectivity index (χ2n) is 4.29. The molecule has 1 N–H and O–H groups in total. The third-order valence-electron chi connectivity index (χ3n) is 3.06. The molecule has 1 fully saturated rings. The van der Waals surface area contributed by atoms with E-state index in [9.17, 15) is 5.11 Å². The predicted octanol–water partition coefficient (Wildman–Crippen LogP) is 1.94. The van der Waals surface area contributed by atoms with Gasteiger partial charge in [0.1, 0.15) is 17.5 Å². The molecule has 0 aromatic carbocycles. The predicted molar refractivity (Wildman–Crippen MR) is 63.9 cm³/mol. The quantitative estimate of drug-likeness (QED) is 0.821. The van der Waals surface area contributed by atoms with Gasteiger partial charge in [-0.1, -0.05) is 0 Å². The standard InChI is InChI=1S/C13H19NO3/c1-3-17-13(9-6-7-9)12(15)11-10(16-2)5-4-8-14-11/h4-5,8-9,12-13,15H,3,6-7H2,1-2H3. The van der Waals surface area contributed by atoms with E-state index in [0.717, 1.165) is 12.8 Å². The lowest BCUT2D eigenvalue weighted by molar-refractivity contribution is -0.0487. The van der Waals surface area contributed by atoms with Crippen LogP contribution in [0.1, 0.15) is 31.6 Å². The number of rotatable bonds is 6. The second kappa shape index (κ2) is 5.47. The van der Waals surface area contributed by atoms with Crippen molar-refractivity contribution in [3.8, 4) is 5.75 Å². The lowest BCUT2D eigenvalue weighted by Gasteiger charge is -2.23. The van der Waals surface area contributed by atoms with Crippen LogP contribution in [0.2, 0.25) is 0 Å². The van der Waals surface area contributed by atoms with E-state index in [4.69, 9.17) is 9.47 Å². The largest absolute Gasteiger partial charge is 0.495 e. The van der Waals surface area contributed by atoms with Gasteiger partial charge < -0.3 is 14.6 Å². The van der Waals surface area contributed by atoms with Gasteiger partial charge in [-0.3, -0.25) is 4.98 Å². The lowest BCUT2D eigenvalue weighted by Crippen LogP contribution is -2.25. The first-order valence-corrected chi connectivity index (χ1v) is 6.06. The molecule has 1 aliphatic carbocycles. The fraction of sp³-hybridized carbons (Fsp3) is 0.615. The first-order chi connectivity index (χ1) is 8.27. The zero-order valence-corrected chi connectivity index (χ0v) is 10.3. The first kappa shape index (κ1) is 12.3. The molecule has 94 valence electrons. The highest BCUT2D eigenvalue weighted by Crippen LogP contribution is 2.41. The van der Waals surface area contributed by atoms with E-state index in [2.05, 4.69) is 4.98 Å². The smallest absolute Gasteiger partial charge is 0.143 e. The minimum Gasteiger partial charge on any atom is -0.495 e. The van der Waals surface area contributed by atoms with Gasteiger partial charge in [-0.15, -0.1) is 0 Å². The zero-order valence-electron chi connectivity index (χ0n) is 10.3. The Balaban J connectivity index is 2.18. The van der Waals surface area contributed by atoms with Gasteiger partial charge in [0.2, 0.25) is 0 Å². The molecule has 1 aromatic rings. The number of aliphatic hydroxyl groups is 1. The van der Waals surface area contributed by atoms with E-state index in [1.54, 1.807) is 19.4 Å². The summed E-state index contributed by atoms with van der Waals surface area (Å²) in [6, 6.07) is 3.60. The summed E-state index contributed by atoms with van der Waals surface area (Å²) < 4.78 is 10.9. The molecule has 4 nitrogen and oxygen atoms in total. The minimum absolute atomic E-state index is 0.163. The molecule has 1 aromatic heterocycles. The Bertz CT molecular complexity index is 365. The van der Waals surface area contributed by atoms with E-state index in [1.807, 2.05) is 13.0 Å². The number of aliphatic hydroxyl groups excluding tert-OH is 1. The summed E-state index contributed by atoms with van der Waals surface area (Å²) in [5.74, 6) is 1.07. The maximum absolute atomic E-state index is 10.4. The molecule has 2 unspecified atom stereocenters. The molecular weight excluding hydrogens is 218 g/mol. The van der Waals surface area contributed by atoms with Crippen LogP contribution >= 0.6 is 0 Å². The third-order valence-corrected chi connectivity index (χ3v) is 3.06. The molecule has 0 saturated heterocycles. The van der Waals surface area contributed by atoms with Gasteiger partial charge in [0.25, 0.3) is 0 Å². The van der Waals surface area contributed by atoms with Gasteiger partial charge in [0.05, 0.1) is 13.2 Å². The van der Waals surface area contributed by atoms with Crippen LogP contribution in [-0.4, -0.2) is 29.9 Å². The highest BCUT2D eigenvalue weighted by molar-refractivity contribution is 5.29. The third kappa shape index (κ3) is 2.76. The Morgan fingerprint density at radius 2 is 2.29 bits per heavy atom. The molecule has 17 heavy (non-hydrogen) atoms. The lowest BCUT2D eigenvalue weighted by atomic mass is 10.0. The molecule has 1 heterocycles. The Kier molecular flexibility index (Phi) is 3.97. The maximum atomic E-state index is 10.4. The number of ether oxygens (including phenoxy) is 2. The number of pyridine rings is 1. The second-order valence-corrected chi connectivity index (χ2v) is 4.29. The Morgan fingerprint density at radius 3 is 2.88 bits per heavy atom. The zero-order chi connectivity index (χ0) is 12.3. The molecule has 0 amide bonds. The summed E-state index contributed by atoms with van der Waals surface area (Å²) in [5, 5.41) is 10.4. The van der Waals surface area contributed by atoms with E-state index >= 15 is 0 Å². The summed E-state index contributed by atoms with van der Waals surface area (Å²) in [6.45, 7) is 2.55. The summed E-state index contributed by atoms with van der Waals surface area (Å²) in [4.78, 5) is 4.21. The number of hydrogen-bond acceptors (Lipinski definition) is 4. The Labute approximate surface area is 102 Å². The normalized spacial score (nSPS) is 18.8. The van der Waals surface area contributed by atoms with Crippen molar-refractivity contribution in [1.82, 2.24) is 4.98 Å². The van der Waals surface area contributed by atoms with Crippen molar-refractivity contribution in [3.05, 3.63) is 24.0 Å². The van der Waals surface area contributed by atoms with E-state index in [0.29, 0.717) is 24.0 Å². The van der Waals surface area contributed by atoms with Crippen molar-refractivity contribution < 1.29 is 14.6 Å². The molecule has 0 spiro atoms. The van der Waals surface area contributed by atoms with E-state index in [1.165, 1.54) is 0 Å². The highest BCUT2D eigenvalue weighted by atomic mass is 16.5. The molecule has 0 bridgehead atoms. The van der Waals surface area contributed by atoms with Crippen LogP contribution in [0, 0.1) is 5.92 Å². The van der Waals surface area contributed by atoms with Crippen molar-refractivity contribution in [3.63, 3.8) is 0 Å². The van der Waals surface area contributed by atoms with E-state index < -0.39 is 6.10 Å². The van der Waals surface area contributed by atoms with Crippen LogP contribution in [0.4, 0.5) is 0 Å². The molecule has 0 radical (unpaired) electrons. The van der Waals surface area contributed by atoms with Crippen LogP contribution in [0.15, 0.2) is 18.3 Å². The number of nitrogens with zero attached hydrogens (tertiary/aromatic N) is 1. The summed E-state index contributed by atoms with van der Waals surface area (Å²) >= 11 is 0. The van der Waals surface area contributed by atoms with E-state index in [-0.39, 0.29) is 6.10 Å². The van der Waals surface area contributed by atoms with Crippen molar-refractivity contribution in [2.45, 2.75) is 32.0 Å². The summed E-state index contributed by atoms with van der Waals surface area (Å²) in [6.07, 6.45) is 3.03. The molecule has 2 rings (SSSR count). The monoisotopic (exact) mass is 237 g/mol. The van der Waals surface area contributed by atoms with Gasteiger partial charge in [0, 0.05) is 12.8 Å². The summed E-state index contributed by atoms with van der Waals surface area (Å²) in [7, 11) is 1.58. The van der Waals surface area contributed by atoms with Crippen LogP contribution in [0.3, 0.4) is 0 Å². The van der Waals surface area contributed by atoms with Crippen LogP contribution in [-0.2, 0) is 4.74 Å². The van der Waals surface area contributed by atoms with Crippen molar-refractivity contribution in [1.29, 1.82) is 0 Å². The van der Waals surface area contributed by atoms with Gasteiger partial charge in [-0.25, -0.2) is 0 Å². The first-order valence-electron chi connectivity index (χ1n) is 6.06. The number of hydrogen-bond donors (Lipinski definition) is 1. The molecule has 1 aliphatic rings. The van der Waals surface area contributed by atoms with Crippen LogP contribution < -0.4 is 4.74 Å². The average Bonchev–Trinajstić information content (AvgIpc) is 3.19. The molecule has 0 aliphatic heterocycles.